The van der Waals surface area contributed by atoms with Crippen LogP contribution in [0, 0.1) is 0 Å². The van der Waals surface area contributed by atoms with E-state index < -0.39 is 0 Å². The van der Waals surface area contributed by atoms with Gasteiger partial charge in [-0.25, -0.2) is 0 Å². The molecular weight excluding hydrogens is 358 g/mol. The average molecular weight is 382 g/mol. The van der Waals surface area contributed by atoms with Crippen LogP contribution in [-0.4, -0.2) is 49.3 Å². The van der Waals surface area contributed by atoms with Gasteiger partial charge in [0, 0.05) is 23.6 Å². The highest BCUT2D eigenvalue weighted by atomic mass is 79.9. The van der Waals surface area contributed by atoms with E-state index in [9.17, 15) is 4.79 Å². The van der Waals surface area contributed by atoms with Gasteiger partial charge in [0.15, 0.2) is 0 Å². The molecule has 0 radical (unpaired) electrons. The Kier molecular flexibility index (Phi) is 6.08. The Balaban J connectivity index is 1.57. The van der Waals surface area contributed by atoms with Gasteiger partial charge in [0.25, 0.3) is 0 Å². The van der Waals surface area contributed by atoms with Crippen LogP contribution >= 0.6 is 15.9 Å². The number of nitrogens with zero attached hydrogens (tertiary/aromatic N) is 1. The standard InChI is InChI=1S/C18H24BrNO3/c19-15-7-5-14(6-8-15)13-18(21)23-17-4-2-1-3-16(17)20-9-11-22-12-10-20/h5-8,16-17H,1-4,9-13H2/t16-,17-/m1/s1. The van der Waals surface area contributed by atoms with Crippen LogP contribution in [0.15, 0.2) is 28.7 Å². The lowest BCUT2D eigenvalue weighted by molar-refractivity contribution is -0.155. The summed E-state index contributed by atoms with van der Waals surface area (Å²) in [6.45, 7) is 3.48. The van der Waals surface area contributed by atoms with Gasteiger partial charge in [-0.1, -0.05) is 34.5 Å². The number of hydrogen-bond donors (Lipinski definition) is 0. The molecule has 1 saturated carbocycles. The predicted octanol–water partition coefficient (Wildman–Crippen LogP) is 3.18. The van der Waals surface area contributed by atoms with Crippen LogP contribution in [0.25, 0.3) is 0 Å². The van der Waals surface area contributed by atoms with Gasteiger partial charge < -0.3 is 9.47 Å². The second-order valence-corrected chi connectivity index (χ2v) is 7.25. The van der Waals surface area contributed by atoms with Crippen molar-refractivity contribution < 1.29 is 14.3 Å². The molecule has 1 aromatic carbocycles. The maximum Gasteiger partial charge on any atom is 0.310 e. The molecule has 1 saturated heterocycles. The van der Waals surface area contributed by atoms with Crippen LogP contribution < -0.4 is 0 Å². The van der Waals surface area contributed by atoms with Crippen molar-refractivity contribution in [2.45, 2.75) is 44.2 Å². The van der Waals surface area contributed by atoms with E-state index in [0.717, 1.165) is 55.6 Å². The summed E-state index contributed by atoms with van der Waals surface area (Å²) in [5.41, 5.74) is 0.997. The van der Waals surface area contributed by atoms with Crippen molar-refractivity contribution >= 4 is 21.9 Å². The number of hydrogen-bond acceptors (Lipinski definition) is 4. The van der Waals surface area contributed by atoms with E-state index in [1.165, 1.54) is 6.42 Å². The third-order valence-corrected chi connectivity index (χ3v) is 5.26. The molecule has 4 nitrogen and oxygen atoms in total. The van der Waals surface area contributed by atoms with Gasteiger partial charge in [-0.05, 0) is 37.0 Å². The first-order chi connectivity index (χ1) is 11.2. The fraction of sp³-hybridized carbons (Fsp3) is 0.611. The van der Waals surface area contributed by atoms with Gasteiger partial charge in [0.1, 0.15) is 6.10 Å². The van der Waals surface area contributed by atoms with Gasteiger partial charge >= 0.3 is 5.97 Å². The monoisotopic (exact) mass is 381 g/mol. The number of carbonyl (C=O) groups is 1. The summed E-state index contributed by atoms with van der Waals surface area (Å²) >= 11 is 3.41. The Hall–Kier alpha value is -0.910. The Morgan fingerprint density at radius 1 is 1.17 bits per heavy atom. The van der Waals surface area contributed by atoms with E-state index in [2.05, 4.69) is 20.8 Å². The van der Waals surface area contributed by atoms with Crippen LogP contribution in [0.3, 0.4) is 0 Å². The number of ether oxygens (including phenoxy) is 2. The highest BCUT2D eigenvalue weighted by molar-refractivity contribution is 9.10. The Labute approximate surface area is 146 Å². The van der Waals surface area contributed by atoms with Gasteiger partial charge in [-0.2, -0.15) is 0 Å². The molecule has 0 aromatic heterocycles. The quantitative estimate of drug-likeness (QED) is 0.750. The minimum absolute atomic E-state index is 0.0322. The highest BCUT2D eigenvalue weighted by Crippen LogP contribution is 2.26. The normalized spacial score (nSPS) is 26.0. The molecule has 0 N–H and O–H groups in total. The summed E-state index contributed by atoms with van der Waals surface area (Å²) in [7, 11) is 0. The molecule has 1 aliphatic heterocycles. The minimum atomic E-state index is -0.113. The predicted molar refractivity (Wildman–Crippen MR) is 92.4 cm³/mol. The maximum absolute atomic E-state index is 12.3. The first-order valence-electron chi connectivity index (χ1n) is 8.48. The van der Waals surface area contributed by atoms with Crippen molar-refractivity contribution in [1.29, 1.82) is 0 Å². The smallest absolute Gasteiger partial charge is 0.310 e. The molecular formula is C18H24BrNO3. The molecule has 23 heavy (non-hydrogen) atoms. The van der Waals surface area contributed by atoms with E-state index in [1.807, 2.05) is 24.3 Å². The molecule has 2 aliphatic rings. The van der Waals surface area contributed by atoms with E-state index in [-0.39, 0.29) is 12.1 Å². The lowest BCUT2D eigenvalue weighted by Gasteiger charge is -2.41. The van der Waals surface area contributed by atoms with Gasteiger partial charge in [-0.3, -0.25) is 9.69 Å². The molecule has 2 fully saturated rings. The van der Waals surface area contributed by atoms with Crippen LogP contribution in [0.1, 0.15) is 31.2 Å². The molecule has 0 bridgehead atoms. The van der Waals surface area contributed by atoms with Crippen molar-refractivity contribution in [2.24, 2.45) is 0 Å². The third-order valence-electron chi connectivity index (χ3n) is 4.73. The van der Waals surface area contributed by atoms with Gasteiger partial charge in [-0.15, -0.1) is 0 Å². The van der Waals surface area contributed by atoms with Crippen LogP contribution in [0.2, 0.25) is 0 Å². The number of rotatable bonds is 4. The zero-order valence-electron chi connectivity index (χ0n) is 13.4. The SMILES string of the molecule is O=C(Cc1ccc(Br)cc1)O[C@@H]1CCCC[C@H]1N1CCOCC1. The topological polar surface area (TPSA) is 38.8 Å². The van der Waals surface area contributed by atoms with E-state index >= 15 is 0 Å². The molecule has 1 aromatic rings. The highest BCUT2D eigenvalue weighted by Gasteiger charge is 2.33. The van der Waals surface area contributed by atoms with Crippen molar-refractivity contribution in [3.8, 4) is 0 Å². The maximum atomic E-state index is 12.3. The van der Waals surface area contributed by atoms with Crippen molar-refractivity contribution in [3.05, 3.63) is 34.3 Å². The number of halogens is 1. The second kappa shape index (κ2) is 8.27. The van der Waals surface area contributed by atoms with Crippen LogP contribution in [0.4, 0.5) is 0 Å². The Bertz CT molecular complexity index is 514. The molecule has 3 rings (SSSR count). The summed E-state index contributed by atoms with van der Waals surface area (Å²) in [5.74, 6) is -0.113. The first kappa shape index (κ1) is 16.9. The Morgan fingerprint density at radius 2 is 1.87 bits per heavy atom. The molecule has 1 heterocycles. The summed E-state index contributed by atoms with van der Waals surface area (Å²) in [6, 6.07) is 8.21. The lowest BCUT2D eigenvalue weighted by atomic mass is 9.91. The van der Waals surface area contributed by atoms with Crippen molar-refractivity contribution in [1.82, 2.24) is 4.90 Å². The largest absolute Gasteiger partial charge is 0.460 e. The Morgan fingerprint density at radius 3 is 2.61 bits per heavy atom. The number of esters is 1. The molecule has 0 unspecified atom stereocenters. The van der Waals surface area contributed by atoms with E-state index in [0.29, 0.717) is 12.5 Å². The number of benzene rings is 1. The molecule has 0 amide bonds. The van der Waals surface area contributed by atoms with Crippen molar-refractivity contribution in [3.63, 3.8) is 0 Å². The molecule has 1 aliphatic carbocycles. The molecule has 5 heteroatoms. The van der Waals surface area contributed by atoms with E-state index in [1.54, 1.807) is 0 Å². The zero-order valence-corrected chi connectivity index (χ0v) is 15.0. The second-order valence-electron chi connectivity index (χ2n) is 6.33. The molecule has 2 atom stereocenters. The summed E-state index contributed by atoms with van der Waals surface area (Å²) in [5, 5.41) is 0. The van der Waals surface area contributed by atoms with Gasteiger partial charge in [0.2, 0.25) is 0 Å². The fourth-order valence-corrected chi connectivity index (χ4v) is 3.79. The summed E-state index contributed by atoms with van der Waals surface area (Å²) in [6.07, 6.45) is 4.86. The van der Waals surface area contributed by atoms with Crippen molar-refractivity contribution in [2.75, 3.05) is 26.3 Å². The zero-order chi connectivity index (χ0) is 16.1. The summed E-state index contributed by atoms with van der Waals surface area (Å²) < 4.78 is 12.3. The summed E-state index contributed by atoms with van der Waals surface area (Å²) in [4.78, 5) is 14.8. The number of carbonyl (C=O) groups excluding carboxylic acids is 1. The number of morpholine rings is 1. The minimum Gasteiger partial charge on any atom is -0.460 e. The molecule has 126 valence electrons. The third kappa shape index (κ3) is 4.78. The first-order valence-corrected chi connectivity index (χ1v) is 9.27. The fourth-order valence-electron chi connectivity index (χ4n) is 3.52. The lowest BCUT2D eigenvalue weighted by Crippen LogP contribution is -2.51. The average Bonchev–Trinajstić information content (AvgIpc) is 2.58. The van der Waals surface area contributed by atoms with E-state index in [4.69, 9.17) is 9.47 Å². The van der Waals surface area contributed by atoms with Crippen LogP contribution in [-0.2, 0) is 20.7 Å². The van der Waals surface area contributed by atoms with Crippen LogP contribution in [0.5, 0.6) is 0 Å². The van der Waals surface area contributed by atoms with Gasteiger partial charge in [0.05, 0.1) is 19.6 Å². The molecule has 0 spiro atoms.